The average molecular weight is 904 g/mol. The number of likely N-dealkylation sites (N-methyl/N-ethyl adjacent to an activating group) is 1. The van der Waals surface area contributed by atoms with Gasteiger partial charge >= 0.3 is 5.97 Å². The highest BCUT2D eigenvalue weighted by atomic mass is 16.5. The van der Waals surface area contributed by atoms with Crippen molar-refractivity contribution in [1.82, 2.24) is 35.1 Å². The Balaban J connectivity index is 1.31. The molecule has 0 aliphatic carbocycles. The number of carbonyl (C=O) groups is 5. The number of hydrogen-bond donors (Lipinski definition) is 3. The number of aryl methyl sites for hydroxylation is 1. The molecule has 4 amide bonds. The van der Waals surface area contributed by atoms with Crippen LogP contribution in [0.2, 0.25) is 0 Å². The second kappa shape index (κ2) is 19.8. The van der Waals surface area contributed by atoms with Gasteiger partial charge in [0.15, 0.2) is 0 Å². The fourth-order valence-corrected chi connectivity index (χ4v) is 10.00. The summed E-state index contributed by atoms with van der Waals surface area (Å²) in [5.74, 6) is -2.87. The number of amides is 4. The van der Waals surface area contributed by atoms with Crippen molar-refractivity contribution in [2.45, 2.75) is 104 Å². The van der Waals surface area contributed by atoms with Gasteiger partial charge in [-0.25, -0.2) is 5.43 Å². The molecule has 0 unspecified atom stereocenters. The van der Waals surface area contributed by atoms with Crippen LogP contribution in [-0.2, 0) is 52.8 Å². The van der Waals surface area contributed by atoms with Crippen LogP contribution in [0.25, 0.3) is 33.3 Å². The standard InChI is InChI=1S/C51H65N7O8/c1-10-44(60)56-20-17-34(28-56)48(62)55(8)45(30(3)4)47(61)53-42-23-32-21-35(24-36(59)22-32)33-14-15-43-38(25-33)39(46(57(43)11-2)40-27-52-18-16-37(40)31(5)65-9)26-51(6,7)29-66-50(64)41-13-12-19-58(54-41)49(42)63/h10,14-16,18,21-22,24-25,27,30-31,34,41-42,45,54,59H,1,11-13,17,19-20,23,26,28-29H2,2-9H3,(H,53,61)/t31-,34+,41+,42+,45+/m1/s1. The zero-order valence-electron chi connectivity index (χ0n) is 39.6. The average Bonchev–Trinajstić information content (AvgIpc) is 3.92. The molecule has 2 fully saturated rings. The molecule has 352 valence electrons. The molecule has 6 bridgehead atoms. The molecule has 3 aliphatic rings. The summed E-state index contributed by atoms with van der Waals surface area (Å²) in [5.41, 5.74) is 9.71. The van der Waals surface area contributed by atoms with Crippen molar-refractivity contribution in [3.8, 4) is 28.1 Å². The SMILES string of the molecule is C=CC(=O)N1CC[C@H](C(=O)N(C)[C@H](C(=O)N[C@H]2Cc3cc(O)cc(c3)-c3ccc4c(c3)c(c(-c3cnccc3[C@@H](C)OC)n4CC)CC(C)(C)COC(=O)[C@@H]3CCCN(N3)C2=O)C(C)C)C1. The van der Waals surface area contributed by atoms with Crippen molar-refractivity contribution in [3.05, 3.63) is 84.2 Å². The van der Waals surface area contributed by atoms with Gasteiger partial charge in [0, 0.05) is 81.0 Å². The van der Waals surface area contributed by atoms with Crippen LogP contribution in [0.3, 0.4) is 0 Å². The van der Waals surface area contributed by atoms with Crippen LogP contribution in [0.1, 0.15) is 83.6 Å². The number of nitrogens with zero attached hydrogens (tertiary/aromatic N) is 5. The highest BCUT2D eigenvalue weighted by Crippen LogP contribution is 2.42. The maximum Gasteiger partial charge on any atom is 0.324 e. The molecular weight excluding hydrogens is 839 g/mol. The van der Waals surface area contributed by atoms with Gasteiger partial charge in [-0.05, 0) is 110 Å². The van der Waals surface area contributed by atoms with Crippen LogP contribution in [0.15, 0.2) is 67.5 Å². The first-order chi connectivity index (χ1) is 31.4. The number of hydrazine groups is 1. The van der Waals surface area contributed by atoms with Gasteiger partial charge in [0.1, 0.15) is 23.9 Å². The van der Waals surface area contributed by atoms with E-state index in [0.717, 1.165) is 38.9 Å². The van der Waals surface area contributed by atoms with Gasteiger partial charge in [0.2, 0.25) is 17.7 Å². The van der Waals surface area contributed by atoms with Crippen LogP contribution in [0.4, 0.5) is 0 Å². The number of ether oxygens (including phenoxy) is 2. The molecule has 2 aromatic heterocycles. The summed E-state index contributed by atoms with van der Waals surface area (Å²) in [4.78, 5) is 76.9. The van der Waals surface area contributed by atoms with Gasteiger partial charge in [-0.2, -0.15) is 0 Å². The Morgan fingerprint density at radius 3 is 2.58 bits per heavy atom. The van der Waals surface area contributed by atoms with Crippen molar-refractivity contribution < 1.29 is 38.6 Å². The van der Waals surface area contributed by atoms with Crippen molar-refractivity contribution in [3.63, 3.8) is 0 Å². The highest BCUT2D eigenvalue weighted by molar-refractivity contribution is 5.96. The maximum absolute atomic E-state index is 14.7. The topological polar surface area (TPSA) is 176 Å². The van der Waals surface area contributed by atoms with E-state index in [9.17, 15) is 29.1 Å². The lowest BCUT2D eigenvalue weighted by molar-refractivity contribution is -0.155. The number of aromatic nitrogens is 2. The van der Waals surface area contributed by atoms with E-state index in [-0.39, 0.29) is 55.7 Å². The summed E-state index contributed by atoms with van der Waals surface area (Å²) >= 11 is 0. The van der Waals surface area contributed by atoms with Gasteiger partial charge in [-0.3, -0.25) is 34.0 Å². The normalized spacial score (nSPS) is 21.0. The molecule has 5 heterocycles. The molecule has 15 heteroatoms. The van der Waals surface area contributed by atoms with Crippen molar-refractivity contribution >= 4 is 40.5 Å². The number of fused-ring (bicyclic) bond motifs is 6. The summed E-state index contributed by atoms with van der Waals surface area (Å²) in [5, 5.41) is 16.7. The van der Waals surface area contributed by atoms with Crippen LogP contribution in [0, 0.1) is 17.3 Å². The summed E-state index contributed by atoms with van der Waals surface area (Å²) in [7, 11) is 3.27. The first-order valence-corrected chi connectivity index (χ1v) is 23.1. The zero-order chi connectivity index (χ0) is 47.6. The highest BCUT2D eigenvalue weighted by Gasteiger charge is 2.40. The number of likely N-dealkylation sites (tertiary alicyclic amines) is 1. The fraction of sp³-hybridized carbons (Fsp3) is 0.490. The number of nitrogens with one attached hydrogen (secondary N) is 2. The molecule has 3 aliphatic heterocycles. The molecule has 5 atom stereocenters. The number of hydrogen-bond acceptors (Lipinski definition) is 10. The van der Waals surface area contributed by atoms with E-state index < -0.39 is 47.2 Å². The third-order valence-electron chi connectivity index (χ3n) is 13.4. The van der Waals surface area contributed by atoms with E-state index >= 15 is 0 Å². The van der Waals surface area contributed by atoms with E-state index in [4.69, 9.17) is 9.47 Å². The molecule has 2 saturated heterocycles. The molecule has 0 radical (unpaired) electrons. The number of carbonyl (C=O) groups excluding carboxylic acids is 5. The Bertz CT molecular complexity index is 2510. The maximum atomic E-state index is 14.7. The van der Waals surface area contributed by atoms with Gasteiger partial charge in [-0.1, -0.05) is 46.4 Å². The van der Waals surface area contributed by atoms with Crippen LogP contribution >= 0.6 is 0 Å². The quantitative estimate of drug-likeness (QED) is 0.127. The lowest BCUT2D eigenvalue weighted by Crippen LogP contribution is -2.62. The number of methoxy groups -OCH3 is 1. The molecule has 3 N–H and O–H groups in total. The Morgan fingerprint density at radius 1 is 1.09 bits per heavy atom. The second-order valence-electron chi connectivity index (χ2n) is 19.2. The third kappa shape index (κ3) is 9.87. The summed E-state index contributed by atoms with van der Waals surface area (Å²) in [6, 6.07) is 10.5. The number of pyridine rings is 1. The number of cyclic esters (lactones) is 1. The van der Waals surface area contributed by atoms with Gasteiger partial charge in [-0.15, -0.1) is 0 Å². The monoisotopic (exact) mass is 903 g/mol. The Hall–Kier alpha value is -6.06. The number of benzene rings is 2. The molecule has 0 saturated carbocycles. The molecule has 7 rings (SSSR count). The predicted molar refractivity (Wildman–Crippen MR) is 252 cm³/mol. The van der Waals surface area contributed by atoms with E-state index in [2.05, 4.69) is 59.8 Å². The summed E-state index contributed by atoms with van der Waals surface area (Å²) in [6.45, 7) is 17.2. The number of esters is 1. The smallest absolute Gasteiger partial charge is 0.324 e. The summed E-state index contributed by atoms with van der Waals surface area (Å²) < 4.78 is 14.2. The number of phenolic OH excluding ortho intramolecular Hbond substituents is 1. The second-order valence-corrected chi connectivity index (χ2v) is 19.2. The van der Waals surface area contributed by atoms with Gasteiger partial charge < -0.3 is 34.3 Å². The van der Waals surface area contributed by atoms with E-state index in [1.165, 1.54) is 16.0 Å². The third-order valence-corrected chi connectivity index (χ3v) is 13.4. The minimum absolute atomic E-state index is 0.0114. The Labute approximate surface area is 387 Å². The molecule has 66 heavy (non-hydrogen) atoms. The van der Waals surface area contributed by atoms with Gasteiger partial charge in [0.05, 0.1) is 24.3 Å². The number of rotatable bonds is 10. The first kappa shape index (κ1) is 47.9. The molecule has 2 aromatic carbocycles. The van der Waals surface area contributed by atoms with E-state index in [1.54, 1.807) is 37.4 Å². The lowest BCUT2D eigenvalue weighted by atomic mass is 9.84. The van der Waals surface area contributed by atoms with Crippen LogP contribution < -0.4 is 10.7 Å². The first-order valence-electron chi connectivity index (χ1n) is 23.1. The van der Waals surface area contributed by atoms with Crippen LogP contribution in [0.5, 0.6) is 5.75 Å². The van der Waals surface area contributed by atoms with Crippen molar-refractivity contribution in [1.29, 1.82) is 0 Å². The fourth-order valence-electron chi connectivity index (χ4n) is 10.00. The minimum Gasteiger partial charge on any atom is -0.508 e. The number of phenols is 1. The van der Waals surface area contributed by atoms with Crippen molar-refractivity contribution in [2.75, 3.05) is 40.4 Å². The molecule has 0 spiro atoms. The van der Waals surface area contributed by atoms with Crippen LogP contribution in [-0.4, -0.2) is 118 Å². The van der Waals surface area contributed by atoms with Crippen molar-refractivity contribution in [2.24, 2.45) is 17.3 Å². The minimum atomic E-state index is -1.16. The van der Waals surface area contributed by atoms with E-state index in [0.29, 0.717) is 49.9 Å². The van der Waals surface area contributed by atoms with E-state index in [1.807, 2.05) is 45.2 Å². The summed E-state index contributed by atoms with van der Waals surface area (Å²) in [6.07, 6.45) is 6.60. The molecule has 15 nitrogen and oxygen atoms in total. The lowest BCUT2D eigenvalue weighted by Gasteiger charge is -2.37. The van der Waals surface area contributed by atoms with Gasteiger partial charge in [0.25, 0.3) is 5.91 Å². The zero-order valence-corrected chi connectivity index (χ0v) is 39.6. The Morgan fingerprint density at radius 2 is 1.86 bits per heavy atom. The number of aromatic hydroxyl groups is 1. The molecular formula is C51H65N7O8. The Kier molecular flexibility index (Phi) is 14.4. The largest absolute Gasteiger partial charge is 0.508 e. The molecule has 4 aromatic rings. The predicted octanol–water partition coefficient (Wildman–Crippen LogP) is 5.97.